The van der Waals surface area contributed by atoms with Gasteiger partial charge in [0.1, 0.15) is 18.1 Å². The van der Waals surface area contributed by atoms with Crippen molar-refractivity contribution >= 4 is 11.8 Å². The molecular weight excluding hydrogens is 502 g/mol. The third kappa shape index (κ3) is 7.39. The van der Waals surface area contributed by atoms with E-state index in [1.807, 2.05) is 0 Å². The lowest BCUT2D eigenvalue weighted by Gasteiger charge is -2.21. The van der Waals surface area contributed by atoms with E-state index in [-0.39, 0.29) is 10.7 Å². The Labute approximate surface area is 199 Å². The van der Waals surface area contributed by atoms with E-state index in [2.05, 4.69) is 9.72 Å². The first kappa shape index (κ1) is 26.4. The van der Waals surface area contributed by atoms with Gasteiger partial charge in [-0.25, -0.2) is 4.98 Å². The number of aromatic nitrogens is 2. The van der Waals surface area contributed by atoms with Crippen LogP contribution in [0.1, 0.15) is 19.4 Å². The molecule has 2 aromatic carbocycles. The summed E-state index contributed by atoms with van der Waals surface area (Å²) in [7, 11) is 0. The highest BCUT2D eigenvalue weighted by molar-refractivity contribution is 7.99. The fourth-order valence-electron chi connectivity index (χ4n) is 2.76. The molecule has 35 heavy (non-hydrogen) atoms. The minimum atomic E-state index is -4.85. The number of hydrogen-bond donors (Lipinski definition) is 1. The molecule has 13 heteroatoms. The van der Waals surface area contributed by atoms with Crippen LogP contribution in [0.4, 0.5) is 26.3 Å². The number of aliphatic hydroxyl groups is 1. The van der Waals surface area contributed by atoms with Crippen LogP contribution in [-0.4, -0.2) is 33.2 Å². The Hall–Kier alpha value is -3.19. The molecule has 0 radical (unpaired) electrons. The Morgan fingerprint density at radius 3 is 2.26 bits per heavy atom. The molecule has 1 aromatic heterocycles. The van der Waals surface area contributed by atoms with Crippen molar-refractivity contribution < 1.29 is 40.9 Å². The Balaban J connectivity index is 1.91. The van der Waals surface area contributed by atoms with E-state index in [0.717, 1.165) is 40.6 Å². The molecule has 0 saturated carbocycles. The normalized spacial score (nSPS) is 12.5. The summed E-state index contributed by atoms with van der Waals surface area (Å²) >= 11 is 0.818. The molecule has 0 unspecified atom stereocenters. The molecule has 1 heterocycles. The van der Waals surface area contributed by atoms with Gasteiger partial charge in [-0.1, -0.05) is 11.8 Å². The van der Waals surface area contributed by atoms with Gasteiger partial charge in [-0.15, -0.1) is 13.2 Å². The van der Waals surface area contributed by atoms with Crippen LogP contribution in [0, 0.1) is 0 Å². The van der Waals surface area contributed by atoms with Gasteiger partial charge in [0.25, 0.3) is 5.56 Å². The maximum Gasteiger partial charge on any atom is 0.573 e. The third-order valence-electron chi connectivity index (χ3n) is 4.21. The van der Waals surface area contributed by atoms with Crippen LogP contribution >= 0.6 is 11.8 Å². The lowest BCUT2D eigenvalue weighted by atomic mass is 10.1. The molecule has 0 bridgehead atoms. The van der Waals surface area contributed by atoms with E-state index in [0.29, 0.717) is 4.90 Å². The fraction of sp³-hybridized carbons (Fsp3) is 0.273. The molecule has 0 saturated heterocycles. The van der Waals surface area contributed by atoms with Gasteiger partial charge in [0.05, 0.1) is 11.2 Å². The van der Waals surface area contributed by atoms with Gasteiger partial charge in [-0.2, -0.15) is 13.2 Å². The van der Waals surface area contributed by atoms with Crippen molar-refractivity contribution in [1.29, 1.82) is 0 Å². The van der Waals surface area contributed by atoms with Crippen LogP contribution in [0.25, 0.3) is 5.69 Å². The molecule has 188 valence electrons. The first-order valence-corrected chi connectivity index (χ1v) is 10.6. The molecule has 0 aliphatic rings. The van der Waals surface area contributed by atoms with Crippen LogP contribution in [0.15, 0.2) is 69.6 Å². The molecule has 0 aliphatic heterocycles. The molecule has 0 amide bonds. The lowest BCUT2D eigenvalue weighted by Crippen LogP contribution is -2.28. The zero-order valence-electron chi connectivity index (χ0n) is 18.1. The summed E-state index contributed by atoms with van der Waals surface area (Å²) in [6.07, 6.45) is -7.27. The van der Waals surface area contributed by atoms with Crippen molar-refractivity contribution in [3.8, 4) is 17.2 Å². The van der Waals surface area contributed by atoms with Gasteiger partial charge in [0.2, 0.25) is 0 Å². The van der Waals surface area contributed by atoms with Crippen molar-refractivity contribution in [2.75, 3.05) is 6.61 Å². The topological polar surface area (TPSA) is 73.6 Å². The number of hydrogen-bond acceptors (Lipinski definition) is 6. The fourth-order valence-corrected chi connectivity index (χ4v) is 3.55. The highest BCUT2D eigenvalue weighted by Crippen LogP contribution is 2.38. The first-order chi connectivity index (χ1) is 16.1. The van der Waals surface area contributed by atoms with E-state index in [9.17, 15) is 36.2 Å². The highest BCUT2D eigenvalue weighted by Gasteiger charge is 2.35. The summed E-state index contributed by atoms with van der Waals surface area (Å²) in [4.78, 5) is 17.2. The quantitative estimate of drug-likeness (QED) is 0.418. The van der Waals surface area contributed by atoms with Gasteiger partial charge in [-0.3, -0.25) is 9.36 Å². The minimum absolute atomic E-state index is 0.115. The van der Waals surface area contributed by atoms with E-state index in [4.69, 9.17) is 4.74 Å². The van der Waals surface area contributed by atoms with E-state index in [1.165, 1.54) is 44.4 Å². The molecule has 0 spiro atoms. The summed E-state index contributed by atoms with van der Waals surface area (Å²) in [5.74, 6) is -0.965. The van der Waals surface area contributed by atoms with Crippen molar-refractivity contribution in [3.05, 3.63) is 70.8 Å². The van der Waals surface area contributed by atoms with Gasteiger partial charge < -0.3 is 14.6 Å². The molecule has 0 fully saturated rings. The van der Waals surface area contributed by atoms with Gasteiger partial charge >= 0.3 is 12.5 Å². The smallest absolute Gasteiger partial charge is 0.490 e. The van der Waals surface area contributed by atoms with Crippen LogP contribution in [-0.2, 0) is 6.18 Å². The zero-order chi connectivity index (χ0) is 26.0. The van der Waals surface area contributed by atoms with E-state index < -0.39 is 47.4 Å². The number of halogens is 6. The number of ether oxygens (including phenoxy) is 2. The molecule has 6 nitrogen and oxygen atoms in total. The minimum Gasteiger partial charge on any atom is -0.490 e. The number of rotatable bonds is 7. The van der Waals surface area contributed by atoms with Crippen molar-refractivity contribution in [3.63, 3.8) is 0 Å². The molecule has 0 atom stereocenters. The lowest BCUT2D eigenvalue weighted by molar-refractivity contribution is -0.274. The average molecular weight is 520 g/mol. The second-order valence-electron chi connectivity index (χ2n) is 7.81. The van der Waals surface area contributed by atoms with Crippen LogP contribution < -0.4 is 15.0 Å². The molecule has 3 aromatic rings. The summed E-state index contributed by atoms with van der Waals surface area (Å²) in [5, 5.41) is 9.62. The zero-order valence-corrected chi connectivity index (χ0v) is 19.0. The monoisotopic (exact) mass is 520 g/mol. The molecule has 3 rings (SSSR count). The van der Waals surface area contributed by atoms with Crippen molar-refractivity contribution in [2.45, 2.75) is 41.9 Å². The Morgan fingerprint density at radius 2 is 1.69 bits per heavy atom. The Bertz CT molecular complexity index is 1230. The number of nitrogens with zero attached hydrogens (tertiary/aromatic N) is 2. The van der Waals surface area contributed by atoms with Crippen LogP contribution in [0.3, 0.4) is 0 Å². The maximum atomic E-state index is 13.6. The largest absolute Gasteiger partial charge is 0.573 e. The predicted octanol–water partition coefficient (Wildman–Crippen LogP) is 5.45. The predicted molar refractivity (Wildman–Crippen MR) is 114 cm³/mol. The van der Waals surface area contributed by atoms with Gasteiger partial charge in [-0.05, 0) is 56.3 Å². The maximum absolute atomic E-state index is 13.6. The summed E-state index contributed by atoms with van der Waals surface area (Å²) in [6, 6.07) is 7.69. The van der Waals surface area contributed by atoms with Crippen molar-refractivity contribution in [1.82, 2.24) is 9.55 Å². The Morgan fingerprint density at radius 1 is 1.03 bits per heavy atom. The second kappa shape index (κ2) is 9.82. The van der Waals surface area contributed by atoms with Gasteiger partial charge in [0, 0.05) is 23.0 Å². The second-order valence-corrected chi connectivity index (χ2v) is 8.87. The average Bonchev–Trinajstić information content (AvgIpc) is 2.73. The molecular formula is C22H18F6N2O4S. The number of alkyl halides is 6. The number of benzene rings is 2. The van der Waals surface area contributed by atoms with Crippen LogP contribution in [0.2, 0.25) is 0 Å². The highest BCUT2D eigenvalue weighted by atomic mass is 32.2. The SMILES string of the molecule is CC(C)(O)COc1ccc(-n2ccnc(Sc3ccc(OC(F)(F)F)cc3)c2=O)cc1C(F)(F)F. The summed E-state index contributed by atoms with van der Waals surface area (Å²) in [6.45, 7) is 2.36. The standard InChI is InChI=1S/C22H18F6N2O4S/c1-20(2,32)12-33-17-8-3-13(11-16(17)21(23,24)25)30-10-9-29-18(19(30)31)35-15-6-4-14(5-7-15)34-22(26,27)28/h3-11,32H,12H2,1-2H3. The summed E-state index contributed by atoms with van der Waals surface area (Å²) < 4.78 is 87.7. The summed E-state index contributed by atoms with van der Waals surface area (Å²) in [5.41, 5.74) is -3.37. The molecule has 1 N–H and O–H groups in total. The first-order valence-electron chi connectivity index (χ1n) is 9.80. The van der Waals surface area contributed by atoms with Gasteiger partial charge in [0.15, 0.2) is 5.03 Å². The van der Waals surface area contributed by atoms with E-state index in [1.54, 1.807) is 0 Å². The van der Waals surface area contributed by atoms with E-state index >= 15 is 0 Å². The Kier molecular flexibility index (Phi) is 7.41. The van der Waals surface area contributed by atoms with Crippen molar-refractivity contribution in [2.24, 2.45) is 0 Å². The molecule has 0 aliphatic carbocycles. The third-order valence-corrected chi connectivity index (χ3v) is 5.19. The van der Waals surface area contributed by atoms with Crippen LogP contribution in [0.5, 0.6) is 11.5 Å².